The van der Waals surface area contributed by atoms with Gasteiger partial charge in [-0.3, -0.25) is 0 Å². The average Bonchev–Trinajstić information content (AvgIpc) is 2.69. The van der Waals surface area contributed by atoms with Gasteiger partial charge >= 0.3 is 0 Å². The third-order valence-corrected chi connectivity index (χ3v) is 3.66. The zero-order valence-corrected chi connectivity index (χ0v) is 14.4. The molecule has 26 heavy (non-hydrogen) atoms. The fourth-order valence-electron chi connectivity index (χ4n) is 2.43. The maximum Gasteiger partial charge on any atom is 0.229 e. The predicted molar refractivity (Wildman–Crippen MR) is 102 cm³/mol. The van der Waals surface area contributed by atoms with Crippen molar-refractivity contribution in [2.45, 2.75) is 0 Å². The van der Waals surface area contributed by atoms with Gasteiger partial charge in [-0.2, -0.15) is 10.2 Å². The fourth-order valence-corrected chi connectivity index (χ4v) is 2.43. The molecule has 0 spiro atoms. The number of anilines is 3. The Morgan fingerprint density at radius 1 is 1.04 bits per heavy atom. The number of rotatable bonds is 7. The van der Waals surface area contributed by atoms with Gasteiger partial charge in [0.25, 0.3) is 0 Å². The first-order valence-corrected chi connectivity index (χ1v) is 8.23. The van der Waals surface area contributed by atoms with Gasteiger partial charge in [-0.1, -0.05) is 36.4 Å². The number of aromatic nitrogens is 2. The van der Waals surface area contributed by atoms with Crippen molar-refractivity contribution in [1.29, 1.82) is 5.26 Å². The molecule has 2 aromatic carbocycles. The van der Waals surface area contributed by atoms with Crippen LogP contribution in [0, 0.1) is 11.3 Å². The topological polar surface area (TPSA) is 82.9 Å². The number of hydrogen-bond donors (Lipinski definition) is 2. The zero-order valence-electron chi connectivity index (χ0n) is 14.4. The van der Waals surface area contributed by atoms with Crippen LogP contribution >= 0.6 is 0 Å². The molecule has 3 rings (SSSR count). The van der Waals surface area contributed by atoms with Crippen LogP contribution in [0.3, 0.4) is 0 Å². The number of nitrogens with zero attached hydrogens (tertiary/aromatic N) is 3. The lowest BCUT2D eigenvalue weighted by molar-refractivity contribution is 0.210. The molecule has 2 N–H and O–H groups in total. The van der Waals surface area contributed by atoms with Crippen LogP contribution < -0.4 is 10.6 Å². The van der Waals surface area contributed by atoms with Crippen molar-refractivity contribution in [1.82, 2.24) is 9.97 Å². The van der Waals surface area contributed by atoms with E-state index >= 15 is 0 Å². The summed E-state index contributed by atoms with van der Waals surface area (Å²) in [6, 6.07) is 21.2. The molecule has 0 aliphatic rings. The Morgan fingerprint density at radius 2 is 1.88 bits per heavy atom. The molecule has 0 amide bonds. The summed E-state index contributed by atoms with van der Waals surface area (Å²) in [6.07, 6.45) is 0. The highest BCUT2D eigenvalue weighted by molar-refractivity contribution is 5.66. The van der Waals surface area contributed by atoms with Crippen LogP contribution in [0.2, 0.25) is 0 Å². The average molecular weight is 345 g/mol. The van der Waals surface area contributed by atoms with Gasteiger partial charge in [-0.25, -0.2) is 4.98 Å². The Bertz CT molecular complexity index is 906. The van der Waals surface area contributed by atoms with E-state index in [1.807, 2.05) is 48.5 Å². The summed E-state index contributed by atoms with van der Waals surface area (Å²) in [6.45, 7) is 1.22. The smallest absolute Gasteiger partial charge is 0.229 e. The number of nitrogens with one attached hydrogen (secondary N) is 2. The summed E-state index contributed by atoms with van der Waals surface area (Å²) < 4.78 is 5.08. The van der Waals surface area contributed by atoms with Gasteiger partial charge in [0.1, 0.15) is 5.82 Å². The lowest BCUT2D eigenvalue weighted by atomic mass is 10.1. The van der Waals surface area contributed by atoms with Crippen LogP contribution in [0.15, 0.2) is 60.7 Å². The molecular weight excluding hydrogens is 326 g/mol. The minimum atomic E-state index is 0.460. The molecule has 6 heteroatoms. The van der Waals surface area contributed by atoms with E-state index in [2.05, 4.69) is 26.7 Å². The van der Waals surface area contributed by atoms with E-state index in [1.54, 1.807) is 19.2 Å². The second-order valence-electron chi connectivity index (χ2n) is 5.57. The first-order chi connectivity index (χ1) is 12.8. The Labute approximate surface area is 152 Å². The highest BCUT2D eigenvalue weighted by atomic mass is 16.5. The molecule has 3 aromatic rings. The molecule has 0 bridgehead atoms. The molecule has 0 saturated carbocycles. The van der Waals surface area contributed by atoms with Gasteiger partial charge in [0.15, 0.2) is 0 Å². The SMILES string of the molecule is COCCNc1cc(-c2ccccc2)nc(Nc2cccc(C#N)c2)n1. The maximum absolute atomic E-state index is 9.05. The molecule has 0 saturated heterocycles. The second kappa shape index (κ2) is 8.60. The lowest BCUT2D eigenvalue weighted by Gasteiger charge is -2.11. The van der Waals surface area contributed by atoms with E-state index in [0.717, 1.165) is 16.9 Å². The standard InChI is InChI=1S/C20H19N5O/c1-26-11-10-22-19-13-18(16-7-3-2-4-8-16)24-20(25-19)23-17-9-5-6-15(12-17)14-21/h2-9,12-13H,10-11H2,1H3,(H2,22,23,24,25). The number of hydrogen-bond acceptors (Lipinski definition) is 6. The fraction of sp³-hybridized carbons (Fsp3) is 0.150. The van der Waals surface area contributed by atoms with Crippen molar-refractivity contribution in [3.63, 3.8) is 0 Å². The number of nitriles is 1. The Morgan fingerprint density at radius 3 is 2.65 bits per heavy atom. The molecule has 0 aliphatic carbocycles. The summed E-state index contributed by atoms with van der Waals surface area (Å²) in [5, 5.41) is 15.5. The van der Waals surface area contributed by atoms with E-state index < -0.39 is 0 Å². The highest BCUT2D eigenvalue weighted by Crippen LogP contribution is 2.23. The van der Waals surface area contributed by atoms with Gasteiger partial charge in [0.2, 0.25) is 5.95 Å². The number of methoxy groups -OCH3 is 1. The summed E-state index contributed by atoms with van der Waals surface area (Å²) >= 11 is 0. The summed E-state index contributed by atoms with van der Waals surface area (Å²) in [7, 11) is 1.66. The van der Waals surface area contributed by atoms with E-state index in [9.17, 15) is 0 Å². The van der Waals surface area contributed by atoms with Crippen molar-refractivity contribution >= 4 is 17.5 Å². The summed E-state index contributed by atoms with van der Waals surface area (Å²) in [5.74, 6) is 1.16. The first kappa shape index (κ1) is 17.4. The van der Waals surface area contributed by atoms with Crippen molar-refractivity contribution < 1.29 is 4.74 Å². The zero-order chi connectivity index (χ0) is 18.2. The van der Waals surface area contributed by atoms with Gasteiger partial charge in [-0.15, -0.1) is 0 Å². The van der Waals surface area contributed by atoms with E-state index in [0.29, 0.717) is 30.5 Å². The molecule has 1 heterocycles. The maximum atomic E-state index is 9.05. The van der Waals surface area contributed by atoms with Crippen molar-refractivity contribution in [3.8, 4) is 17.3 Å². The molecule has 6 nitrogen and oxygen atoms in total. The predicted octanol–water partition coefficient (Wildman–Crippen LogP) is 3.82. The van der Waals surface area contributed by atoms with Crippen LogP contribution in [0.4, 0.5) is 17.5 Å². The van der Waals surface area contributed by atoms with Crippen molar-refractivity contribution in [3.05, 3.63) is 66.2 Å². The van der Waals surface area contributed by atoms with E-state index in [4.69, 9.17) is 10.00 Å². The normalized spacial score (nSPS) is 10.2. The Kier molecular flexibility index (Phi) is 5.76. The highest BCUT2D eigenvalue weighted by Gasteiger charge is 2.07. The van der Waals surface area contributed by atoms with Crippen LogP contribution in [0.25, 0.3) is 11.3 Å². The van der Waals surface area contributed by atoms with Gasteiger partial charge < -0.3 is 15.4 Å². The number of ether oxygens (including phenoxy) is 1. The summed E-state index contributed by atoms with van der Waals surface area (Å²) in [5.41, 5.74) is 3.14. The van der Waals surface area contributed by atoms with Crippen LogP contribution in [0.5, 0.6) is 0 Å². The van der Waals surface area contributed by atoms with Crippen LogP contribution in [-0.2, 0) is 4.74 Å². The second-order valence-corrected chi connectivity index (χ2v) is 5.57. The molecule has 0 fully saturated rings. The van der Waals surface area contributed by atoms with Gasteiger partial charge in [0, 0.05) is 31.0 Å². The number of benzene rings is 2. The lowest BCUT2D eigenvalue weighted by Crippen LogP contribution is -2.10. The minimum Gasteiger partial charge on any atom is -0.383 e. The van der Waals surface area contributed by atoms with Gasteiger partial charge in [-0.05, 0) is 18.2 Å². The van der Waals surface area contributed by atoms with Gasteiger partial charge in [0.05, 0.1) is 23.9 Å². The molecular formula is C20H19N5O. The minimum absolute atomic E-state index is 0.460. The molecule has 0 unspecified atom stereocenters. The molecule has 0 atom stereocenters. The molecule has 0 radical (unpaired) electrons. The molecule has 0 aliphatic heterocycles. The molecule has 130 valence electrons. The first-order valence-electron chi connectivity index (χ1n) is 8.23. The largest absolute Gasteiger partial charge is 0.383 e. The monoisotopic (exact) mass is 345 g/mol. The van der Waals surface area contributed by atoms with Crippen LogP contribution in [-0.4, -0.2) is 30.2 Å². The Hall–Kier alpha value is -3.43. The Balaban J connectivity index is 1.92. The van der Waals surface area contributed by atoms with E-state index in [1.165, 1.54) is 0 Å². The van der Waals surface area contributed by atoms with Crippen molar-refractivity contribution in [2.75, 3.05) is 30.9 Å². The summed E-state index contributed by atoms with van der Waals surface area (Å²) in [4.78, 5) is 9.12. The van der Waals surface area contributed by atoms with Crippen molar-refractivity contribution in [2.24, 2.45) is 0 Å². The van der Waals surface area contributed by atoms with Crippen LogP contribution in [0.1, 0.15) is 5.56 Å². The molecule has 1 aromatic heterocycles. The van der Waals surface area contributed by atoms with E-state index in [-0.39, 0.29) is 0 Å². The quantitative estimate of drug-likeness (QED) is 0.634. The third kappa shape index (κ3) is 4.56. The third-order valence-electron chi connectivity index (χ3n) is 3.66.